The van der Waals surface area contributed by atoms with E-state index in [4.69, 9.17) is 17.3 Å². The molecule has 2 N–H and O–H groups in total. The Hall–Kier alpha value is -0.570. The Morgan fingerprint density at radius 2 is 2.20 bits per heavy atom. The van der Waals surface area contributed by atoms with Gasteiger partial charge in [0, 0.05) is 11.1 Å². The van der Waals surface area contributed by atoms with Crippen molar-refractivity contribution in [2.75, 3.05) is 0 Å². The molecule has 0 aliphatic carbocycles. The van der Waals surface area contributed by atoms with Gasteiger partial charge in [-0.3, -0.25) is 0 Å². The van der Waals surface area contributed by atoms with Gasteiger partial charge in [-0.1, -0.05) is 23.2 Å². The van der Waals surface area contributed by atoms with Crippen LogP contribution in [-0.2, 0) is 0 Å². The summed E-state index contributed by atoms with van der Waals surface area (Å²) >= 11 is 5.86. The fourth-order valence-electron chi connectivity index (χ4n) is 1.29. The first-order valence-corrected chi connectivity index (χ1v) is 4.73. The molecule has 0 aromatic heterocycles. The fourth-order valence-corrected chi connectivity index (χ4v) is 1.59. The zero-order valence-corrected chi connectivity index (χ0v) is 10.0. The summed E-state index contributed by atoms with van der Waals surface area (Å²) < 4.78 is 12.7. The van der Waals surface area contributed by atoms with Crippen LogP contribution in [0.1, 0.15) is 24.9 Å². The van der Waals surface area contributed by atoms with Crippen LogP contribution in [0.2, 0.25) is 5.02 Å². The topological polar surface area (TPSA) is 26.0 Å². The second kappa shape index (κ2) is 6.11. The van der Waals surface area contributed by atoms with Crippen molar-refractivity contribution >= 4 is 24.0 Å². The summed E-state index contributed by atoms with van der Waals surface area (Å²) in [5.74, 6) is -0.346. The van der Waals surface area contributed by atoms with Gasteiger partial charge in [-0.2, -0.15) is 0 Å². The maximum Gasteiger partial charge on any atom is 0.124 e. The standard InChI is InChI=1S/C11H13ClFN.ClH/c1-7(2)5-11(14)9-4-3-8(13)6-10(9)12;/h3-4,6,11H,1,5,14H2,2H3;1H/t11-;/m1./s1. The first-order chi connectivity index (χ1) is 6.50. The molecule has 1 aromatic rings. The molecule has 0 aliphatic rings. The second-order valence-electron chi connectivity index (χ2n) is 3.43. The van der Waals surface area contributed by atoms with Crippen LogP contribution in [0.3, 0.4) is 0 Å². The molecule has 0 unspecified atom stereocenters. The molecule has 0 bridgehead atoms. The summed E-state index contributed by atoms with van der Waals surface area (Å²) in [6.45, 7) is 5.67. The Morgan fingerprint density at radius 3 is 2.67 bits per heavy atom. The minimum Gasteiger partial charge on any atom is -0.324 e. The monoisotopic (exact) mass is 249 g/mol. The van der Waals surface area contributed by atoms with Crippen molar-refractivity contribution in [2.45, 2.75) is 19.4 Å². The first kappa shape index (κ1) is 14.4. The fraction of sp³-hybridized carbons (Fsp3) is 0.273. The molecule has 1 nitrogen and oxygen atoms in total. The summed E-state index contributed by atoms with van der Waals surface area (Å²) in [5.41, 5.74) is 7.62. The van der Waals surface area contributed by atoms with Crippen LogP contribution in [0.25, 0.3) is 0 Å². The molecule has 4 heteroatoms. The molecule has 0 saturated heterocycles. The molecule has 0 radical (unpaired) electrons. The second-order valence-corrected chi connectivity index (χ2v) is 3.84. The van der Waals surface area contributed by atoms with Gasteiger partial charge >= 0.3 is 0 Å². The number of hydrogen-bond acceptors (Lipinski definition) is 1. The molecule has 15 heavy (non-hydrogen) atoms. The lowest BCUT2D eigenvalue weighted by Gasteiger charge is -2.13. The first-order valence-electron chi connectivity index (χ1n) is 4.35. The molecule has 0 heterocycles. The quantitative estimate of drug-likeness (QED) is 0.809. The van der Waals surface area contributed by atoms with Crippen LogP contribution in [0.5, 0.6) is 0 Å². The van der Waals surface area contributed by atoms with Gasteiger partial charge < -0.3 is 5.73 Å². The van der Waals surface area contributed by atoms with E-state index in [0.717, 1.165) is 11.1 Å². The summed E-state index contributed by atoms with van der Waals surface area (Å²) in [7, 11) is 0. The summed E-state index contributed by atoms with van der Waals surface area (Å²) in [5, 5.41) is 0.374. The number of nitrogens with two attached hydrogens (primary N) is 1. The van der Waals surface area contributed by atoms with Crippen LogP contribution in [0.4, 0.5) is 4.39 Å². The highest BCUT2D eigenvalue weighted by Gasteiger charge is 2.10. The molecule has 0 fully saturated rings. The van der Waals surface area contributed by atoms with Gasteiger partial charge in [0.05, 0.1) is 0 Å². The highest BCUT2D eigenvalue weighted by molar-refractivity contribution is 6.31. The number of rotatable bonds is 3. The lowest BCUT2D eigenvalue weighted by atomic mass is 10.0. The Morgan fingerprint density at radius 1 is 1.60 bits per heavy atom. The third-order valence-electron chi connectivity index (χ3n) is 1.93. The molecule has 0 aliphatic heterocycles. The molecule has 0 amide bonds. The maximum atomic E-state index is 12.7. The molecular formula is C11H14Cl2FN. The van der Waals surface area contributed by atoms with Crippen LogP contribution in [0.15, 0.2) is 30.4 Å². The summed E-state index contributed by atoms with van der Waals surface area (Å²) in [6, 6.07) is 4.04. The predicted molar refractivity (Wildman–Crippen MR) is 65.0 cm³/mol. The predicted octanol–water partition coefficient (Wildman–Crippen LogP) is 3.87. The Balaban J connectivity index is 0.00000196. The van der Waals surface area contributed by atoms with Gasteiger partial charge in [0.15, 0.2) is 0 Å². The van der Waals surface area contributed by atoms with E-state index < -0.39 is 0 Å². The maximum absolute atomic E-state index is 12.7. The molecule has 0 saturated carbocycles. The lowest BCUT2D eigenvalue weighted by molar-refractivity contribution is 0.624. The molecule has 1 atom stereocenters. The minimum absolute atomic E-state index is 0. The SMILES string of the molecule is C=C(C)C[C@@H](N)c1ccc(F)cc1Cl.Cl. The van der Waals surface area contributed by atoms with Crippen molar-refractivity contribution in [2.24, 2.45) is 5.73 Å². The number of halogens is 3. The zero-order valence-electron chi connectivity index (χ0n) is 8.47. The van der Waals surface area contributed by atoms with Gasteiger partial charge in [-0.25, -0.2) is 4.39 Å². The third-order valence-corrected chi connectivity index (χ3v) is 2.26. The van der Waals surface area contributed by atoms with E-state index in [9.17, 15) is 4.39 Å². The highest BCUT2D eigenvalue weighted by Crippen LogP contribution is 2.25. The smallest absolute Gasteiger partial charge is 0.124 e. The Kier molecular flexibility index (Phi) is 5.88. The van der Waals surface area contributed by atoms with E-state index in [0.29, 0.717) is 11.4 Å². The third kappa shape index (κ3) is 4.20. The van der Waals surface area contributed by atoms with Crippen molar-refractivity contribution < 1.29 is 4.39 Å². The van der Waals surface area contributed by atoms with E-state index in [-0.39, 0.29) is 24.3 Å². The van der Waals surface area contributed by atoms with Crippen LogP contribution in [0, 0.1) is 5.82 Å². The summed E-state index contributed by atoms with van der Waals surface area (Å²) in [6.07, 6.45) is 0.658. The normalized spacial score (nSPS) is 11.7. The molecule has 1 aromatic carbocycles. The van der Waals surface area contributed by atoms with E-state index in [1.165, 1.54) is 12.1 Å². The molecule has 0 spiro atoms. The minimum atomic E-state index is -0.346. The van der Waals surface area contributed by atoms with E-state index in [2.05, 4.69) is 6.58 Å². The van der Waals surface area contributed by atoms with Crippen molar-refractivity contribution in [3.63, 3.8) is 0 Å². The zero-order chi connectivity index (χ0) is 10.7. The van der Waals surface area contributed by atoms with Gasteiger partial charge in [0.2, 0.25) is 0 Å². The van der Waals surface area contributed by atoms with E-state index in [1.807, 2.05) is 6.92 Å². The molecule has 84 valence electrons. The lowest BCUT2D eigenvalue weighted by Crippen LogP contribution is -2.11. The van der Waals surface area contributed by atoms with Gasteiger partial charge in [0.25, 0.3) is 0 Å². The van der Waals surface area contributed by atoms with E-state index in [1.54, 1.807) is 6.07 Å². The summed E-state index contributed by atoms with van der Waals surface area (Å²) in [4.78, 5) is 0. The van der Waals surface area contributed by atoms with Gasteiger partial charge in [0.1, 0.15) is 5.82 Å². The van der Waals surface area contributed by atoms with Crippen LogP contribution in [-0.4, -0.2) is 0 Å². The number of hydrogen-bond donors (Lipinski definition) is 1. The largest absolute Gasteiger partial charge is 0.324 e. The molecule has 1 rings (SSSR count). The Labute approximate surface area is 101 Å². The Bertz CT molecular complexity index is 352. The highest BCUT2D eigenvalue weighted by atomic mass is 35.5. The average Bonchev–Trinajstić information content (AvgIpc) is 2.01. The van der Waals surface area contributed by atoms with Crippen LogP contribution >= 0.6 is 24.0 Å². The van der Waals surface area contributed by atoms with Gasteiger partial charge in [-0.15, -0.1) is 19.0 Å². The van der Waals surface area contributed by atoms with E-state index >= 15 is 0 Å². The molecular weight excluding hydrogens is 236 g/mol. The van der Waals surface area contributed by atoms with Crippen molar-refractivity contribution in [1.82, 2.24) is 0 Å². The van der Waals surface area contributed by atoms with Crippen molar-refractivity contribution in [3.8, 4) is 0 Å². The number of benzene rings is 1. The average molecular weight is 250 g/mol. The van der Waals surface area contributed by atoms with Crippen molar-refractivity contribution in [3.05, 3.63) is 46.8 Å². The van der Waals surface area contributed by atoms with Crippen LogP contribution < -0.4 is 5.73 Å². The van der Waals surface area contributed by atoms with Crippen molar-refractivity contribution in [1.29, 1.82) is 0 Å². The van der Waals surface area contributed by atoms with Gasteiger partial charge in [-0.05, 0) is 31.0 Å².